The second-order valence-electron chi connectivity index (χ2n) is 10.4. The highest BCUT2D eigenvalue weighted by atomic mass is 16.7. The molecule has 0 amide bonds. The van der Waals surface area contributed by atoms with Gasteiger partial charge in [-0.05, 0) is 22.3 Å². The van der Waals surface area contributed by atoms with Crippen molar-refractivity contribution < 1.29 is 38.0 Å². The van der Waals surface area contributed by atoms with Crippen molar-refractivity contribution in [2.45, 2.75) is 64.1 Å². The summed E-state index contributed by atoms with van der Waals surface area (Å²) in [5.41, 5.74) is 3.53. The molecular weight excluding hydrogens is 560 g/mol. The first-order valence-corrected chi connectivity index (χ1v) is 14.6. The number of benzene rings is 4. The average molecular weight is 597 g/mol. The van der Waals surface area contributed by atoms with Gasteiger partial charge >= 0.3 is 11.9 Å². The molecule has 8 nitrogen and oxygen atoms in total. The van der Waals surface area contributed by atoms with Gasteiger partial charge in [-0.25, -0.2) is 4.79 Å². The second kappa shape index (κ2) is 15.9. The lowest BCUT2D eigenvalue weighted by molar-refractivity contribution is -0.312. The molecule has 1 aliphatic heterocycles. The Balaban J connectivity index is 1.46. The monoisotopic (exact) mass is 596 g/mol. The van der Waals surface area contributed by atoms with Gasteiger partial charge in [0.25, 0.3) is 0 Å². The van der Waals surface area contributed by atoms with Crippen LogP contribution in [0.15, 0.2) is 121 Å². The molecule has 0 bridgehead atoms. The van der Waals surface area contributed by atoms with E-state index in [4.69, 9.17) is 28.4 Å². The lowest BCUT2D eigenvalue weighted by Crippen LogP contribution is -2.63. The van der Waals surface area contributed by atoms with Crippen molar-refractivity contribution in [3.05, 3.63) is 144 Å². The molecule has 8 heteroatoms. The van der Waals surface area contributed by atoms with Crippen LogP contribution < -0.4 is 0 Å². The van der Waals surface area contributed by atoms with Gasteiger partial charge in [-0.15, -0.1) is 0 Å². The number of esters is 2. The Kier molecular flexibility index (Phi) is 11.3. The van der Waals surface area contributed by atoms with Crippen LogP contribution in [0.1, 0.15) is 29.2 Å². The average Bonchev–Trinajstić information content (AvgIpc) is 3.06. The van der Waals surface area contributed by atoms with Crippen LogP contribution in [0.25, 0.3) is 0 Å². The summed E-state index contributed by atoms with van der Waals surface area (Å²) in [7, 11) is 0. The van der Waals surface area contributed by atoms with Gasteiger partial charge in [0.05, 0.1) is 19.8 Å². The predicted molar refractivity (Wildman–Crippen MR) is 162 cm³/mol. The van der Waals surface area contributed by atoms with E-state index < -0.39 is 42.6 Å². The third kappa shape index (κ3) is 8.84. The van der Waals surface area contributed by atoms with Crippen LogP contribution in [-0.2, 0) is 64.4 Å². The molecule has 0 aromatic heterocycles. The van der Waals surface area contributed by atoms with Crippen LogP contribution in [0, 0.1) is 0 Å². The zero-order chi connectivity index (χ0) is 30.6. The maximum atomic E-state index is 13.7. The van der Waals surface area contributed by atoms with E-state index in [0.29, 0.717) is 0 Å². The summed E-state index contributed by atoms with van der Waals surface area (Å²) < 4.78 is 36.8. The van der Waals surface area contributed by atoms with E-state index in [0.717, 1.165) is 22.3 Å². The Bertz CT molecular complexity index is 1430. The molecule has 0 saturated carbocycles. The molecule has 4 aromatic rings. The fourth-order valence-corrected chi connectivity index (χ4v) is 4.92. The molecule has 4 aromatic carbocycles. The Labute approximate surface area is 257 Å². The Morgan fingerprint density at radius 3 is 1.36 bits per heavy atom. The highest BCUT2D eigenvalue weighted by Gasteiger charge is 2.53. The molecular formula is C36H36O8. The first-order valence-electron chi connectivity index (χ1n) is 14.6. The van der Waals surface area contributed by atoms with Crippen molar-refractivity contribution in [1.29, 1.82) is 0 Å². The third-order valence-corrected chi connectivity index (χ3v) is 7.09. The molecule has 44 heavy (non-hydrogen) atoms. The molecule has 1 unspecified atom stereocenters. The first kappa shape index (κ1) is 31.1. The van der Waals surface area contributed by atoms with E-state index in [9.17, 15) is 9.59 Å². The van der Waals surface area contributed by atoms with E-state index in [1.807, 2.05) is 121 Å². The molecule has 5 rings (SSSR count). The number of carbonyl (C=O) groups is 2. The van der Waals surface area contributed by atoms with Gasteiger partial charge in [0.2, 0.25) is 6.29 Å². The first-order chi connectivity index (χ1) is 21.6. The van der Waals surface area contributed by atoms with Crippen molar-refractivity contribution in [2.75, 3.05) is 0 Å². The van der Waals surface area contributed by atoms with Gasteiger partial charge in [-0.2, -0.15) is 0 Å². The molecule has 5 atom stereocenters. The van der Waals surface area contributed by atoms with Crippen molar-refractivity contribution in [3.63, 3.8) is 0 Å². The minimum Gasteiger partial charge on any atom is -0.459 e. The summed E-state index contributed by atoms with van der Waals surface area (Å²) in [6.45, 7) is 1.86. The van der Waals surface area contributed by atoms with Crippen LogP contribution in [0.3, 0.4) is 0 Å². The summed E-state index contributed by atoms with van der Waals surface area (Å²) in [5.74, 6) is -1.26. The van der Waals surface area contributed by atoms with E-state index in [1.54, 1.807) is 0 Å². The minimum absolute atomic E-state index is 0.0344. The third-order valence-electron chi connectivity index (χ3n) is 7.09. The molecule has 1 heterocycles. The van der Waals surface area contributed by atoms with E-state index >= 15 is 0 Å². The van der Waals surface area contributed by atoms with Crippen LogP contribution in [0.4, 0.5) is 0 Å². The number of hydrogen-bond donors (Lipinski definition) is 0. The normalized spacial score (nSPS) is 21.3. The topological polar surface area (TPSA) is 89.5 Å². The number of hydrogen-bond acceptors (Lipinski definition) is 8. The summed E-state index contributed by atoms with van der Waals surface area (Å²) in [5, 5.41) is 0. The van der Waals surface area contributed by atoms with Gasteiger partial charge in [-0.3, -0.25) is 4.79 Å². The van der Waals surface area contributed by atoms with E-state index in [-0.39, 0.29) is 26.4 Å². The van der Waals surface area contributed by atoms with E-state index in [2.05, 4.69) is 0 Å². The van der Waals surface area contributed by atoms with Gasteiger partial charge in [0.15, 0.2) is 6.10 Å². The highest BCUT2D eigenvalue weighted by molar-refractivity contribution is 5.76. The fraction of sp³-hybridized carbons (Fsp3) is 0.278. The Hall–Kier alpha value is -4.34. The summed E-state index contributed by atoms with van der Waals surface area (Å²) in [4.78, 5) is 25.9. The number of ether oxygens (including phenoxy) is 6. The largest absolute Gasteiger partial charge is 0.459 e. The van der Waals surface area contributed by atoms with E-state index in [1.165, 1.54) is 6.92 Å². The Morgan fingerprint density at radius 2 is 0.932 bits per heavy atom. The molecule has 1 aliphatic rings. The summed E-state index contributed by atoms with van der Waals surface area (Å²) in [6.07, 6.45) is -5.31. The molecule has 1 saturated heterocycles. The standard InChI is InChI=1S/C36H36O8/c1-26(37)43-36-34(41-24-29-18-10-4-11-19-29)32(40-23-28-16-8-3-9-17-28)31(39-22-27-14-6-2-7-15-27)33(44-36)35(38)42-25-30-20-12-5-13-21-30/h2-21,31-34,36H,22-25H2,1H3/t31-,32-,33-,34+,36?/m0/s1. The van der Waals surface area contributed by atoms with Crippen LogP contribution >= 0.6 is 0 Å². The van der Waals surface area contributed by atoms with Crippen molar-refractivity contribution in [2.24, 2.45) is 0 Å². The maximum Gasteiger partial charge on any atom is 0.338 e. The van der Waals surface area contributed by atoms with Crippen LogP contribution in [0.5, 0.6) is 0 Å². The lowest BCUT2D eigenvalue weighted by Gasteiger charge is -2.44. The van der Waals surface area contributed by atoms with Crippen molar-refractivity contribution >= 4 is 11.9 Å². The Morgan fingerprint density at radius 1 is 0.545 bits per heavy atom. The highest BCUT2D eigenvalue weighted by Crippen LogP contribution is 2.32. The minimum atomic E-state index is -1.27. The SMILES string of the molecule is CC(=O)OC1O[C@H](C(=O)OCc2ccccc2)[C@@H](OCc2ccccc2)[C@H](OCc2ccccc2)[C@H]1OCc1ccccc1. The van der Waals surface area contributed by atoms with Gasteiger partial charge in [-0.1, -0.05) is 121 Å². The zero-order valence-corrected chi connectivity index (χ0v) is 24.5. The predicted octanol–water partition coefficient (Wildman–Crippen LogP) is 5.77. The van der Waals surface area contributed by atoms with Gasteiger partial charge < -0.3 is 28.4 Å². The fourth-order valence-electron chi connectivity index (χ4n) is 4.92. The molecule has 228 valence electrons. The summed E-state index contributed by atoms with van der Waals surface area (Å²) in [6, 6.07) is 38.2. The molecule has 0 aliphatic carbocycles. The van der Waals surface area contributed by atoms with Crippen molar-refractivity contribution in [1.82, 2.24) is 0 Å². The molecule has 1 fully saturated rings. The summed E-state index contributed by atoms with van der Waals surface area (Å²) >= 11 is 0. The van der Waals surface area contributed by atoms with Gasteiger partial charge in [0, 0.05) is 6.92 Å². The van der Waals surface area contributed by atoms with Crippen LogP contribution in [-0.4, -0.2) is 42.6 Å². The molecule has 0 radical (unpaired) electrons. The van der Waals surface area contributed by atoms with Crippen molar-refractivity contribution in [3.8, 4) is 0 Å². The molecule has 0 N–H and O–H groups in total. The smallest absolute Gasteiger partial charge is 0.338 e. The second-order valence-corrected chi connectivity index (χ2v) is 10.4. The van der Waals surface area contributed by atoms with Crippen LogP contribution in [0.2, 0.25) is 0 Å². The number of rotatable bonds is 13. The lowest BCUT2D eigenvalue weighted by atomic mass is 9.97. The zero-order valence-electron chi connectivity index (χ0n) is 24.5. The van der Waals surface area contributed by atoms with Gasteiger partial charge in [0.1, 0.15) is 24.9 Å². The maximum absolute atomic E-state index is 13.7. The molecule has 0 spiro atoms. The number of carbonyl (C=O) groups excluding carboxylic acids is 2. The quantitative estimate of drug-likeness (QED) is 0.180.